The van der Waals surface area contributed by atoms with E-state index >= 15 is 0 Å². The van der Waals surface area contributed by atoms with Crippen molar-refractivity contribution in [3.8, 4) is 0 Å². The van der Waals surface area contributed by atoms with E-state index in [0.29, 0.717) is 34.1 Å². The van der Waals surface area contributed by atoms with Crippen LogP contribution in [0.2, 0.25) is 0 Å². The number of para-hydroxylation sites is 1. The van der Waals surface area contributed by atoms with Gasteiger partial charge in [-0.2, -0.15) is 0 Å². The molecule has 0 spiro atoms. The van der Waals surface area contributed by atoms with Gasteiger partial charge in [0.25, 0.3) is 5.91 Å². The van der Waals surface area contributed by atoms with Gasteiger partial charge in [-0.1, -0.05) is 6.07 Å². The van der Waals surface area contributed by atoms with E-state index in [2.05, 4.69) is 15.3 Å². The Bertz CT molecular complexity index is 839. The molecule has 3 aromatic rings. The molecule has 1 aromatic carbocycles. The maximum Gasteiger partial charge on any atom is 0.259 e. The molecule has 1 N–H and O–H groups in total. The summed E-state index contributed by atoms with van der Waals surface area (Å²) in [7, 11) is 3.69. The lowest BCUT2D eigenvalue weighted by molar-refractivity contribution is 0.102. The first-order valence-corrected chi connectivity index (χ1v) is 6.86. The molecule has 0 fully saturated rings. The first-order valence-electron chi connectivity index (χ1n) is 6.86. The minimum atomic E-state index is -0.238. The zero-order chi connectivity index (χ0) is 15.7. The van der Waals surface area contributed by atoms with E-state index in [-0.39, 0.29) is 5.91 Å². The van der Waals surface area contributed by atoms with Gasteiger partial charge >= 0.3 is 0 Å². The van der Waals surface area contributed by atoms with Gasteiger partial charge in [-0.05, 0) is 24.3 Å². The number of pyridine rings is 1. The van der Waals surface area contributed by atoms with Crippen LogP contribution in [0.25, 0.3) is 11.1 Å². The van der Waals surface area contributed by atoms with E-state index in [1.807, 2.05) is 26.2 Å². The molecular formula is C16H16N4O2. The number of oxazole rings is 1. The Hall–Kier alpha value is -2.89. The molecule has 6 heteroatoms. The highest BCUT2D eigenvalue weighted by molar-refractivity contribution is 6.10. The highest BCUT2D eigenvalue weighted by atomic mass is 16.3. The molecule has 0 aliphatic rings. The van der Waals surface area contributed by atoms with Crippen molar-refractivity contribution in [1.82, 2.24) is 9.97 Å². The quantitative estimate of drug-likeness (QED) is 0.804. The van der Waals surface area contributed by atoms with E-state index in [0.717, 1.165) is 0 Å². The Morgan fingerprint density at radius 3 is 2.82 bits per heavy atom. The number of amides is 1. The lowest BCUT2D eigenvalue weighted by atomic mass is 10.2. The lowest BCUT2D eigenvalue weighted by Gasteiger charge is -2.15. The van der Waals surface area contributed by atoms with Gasteiger partial charge in [-0.15, -0.1) is 0 Å². The zero-order valence-corrected chi connectivity index (χ0v) is 12.6. The number of nitrogens with one attached hydrogen (secondary N) is 1. The van der Waals surface area contributed by atoms with Crippen molar-refractivity contribution in [3.05, 3.63) is 48.0 Å². The average Bonchev–Trinajstić information content (AvgIpc) is 2.88. The molecular weight excluding hydrogens is 280 g/mol. The first kappa shape index (κ1) is 14.1. The van der Waals surface area contributed by atoms with Gasteiger partial charge in [-0.3, -0.25) is 4.79 Å². The smallest absolute Gasteiger partial charge is 0.259 e. The monoisotopic (exact) mass is 296 g/mol. The second-order valence-electron chi connectivity index (χ2n) is 5.11. The Morgan fingerprint density at radius 2 is 2.05 bits per heavy atom. The van der Waals surface area contributed by atoms with Gasteiger partial charge in [0, 0.05) is 27.2 Å². The summed E-state index contributed by atoms with van der Waals surface area (Å²) in [4.78, 5) is 22.8. The highest BCUT2D eigenvalue weighted by Crippen LogP contribution is 2.25. The molecule has 0 unspecified atom stereocenters. The number of carbonyl (C=O) groups is 1. The summed E-state index contributed by atoms with van der Waals surface area (Å²) >= 11 is 0. The second kappa shape index (κ2) is 5.48. The molecule has 2 heterocycles. The Labute approximate surface area is 127 Å². The van der Waals surface area contributed by atoms with E-state index in [1.165, 1.54) is 0 Å². The number of rotatable bonds is 3. The van der Waals surface area contributed by atoms with Crippen LogP contribution in [-0.2, 0) is 0 Å². The molecule has 0 saturated carbocycles. The number of carbonyl (C=O) groups excluding carboxylic acids is 1. The summed E-state index contributed by atoms with van der Waals surface area (Å²) in [5, 5.41) is 2.87. The molecule has 0 atom stereocenters. The molecule has 112 valence electrons. The van der Waals surface area contributed by atoms with Crippen LogP contribution in [-0.4, -0.2) is 30.0 Å². The van der Waals surface area contributed by atoms with Crippen molar-refractivity contribution in [1.29, 1.82) is 0 Å². The number of aromatic nitrogens is 2. The Morgan fingerprint density at radius 1 is 1.23 bits per heavy atom. The predicted molar refractivity (Wildman–Crippen MR) is 85.3 cm³/mol. The fourth-order valence-electron chi connectivity index (χ4n) is 2.28. The predicted octanol–water partition coefficient (Wildman–Crippen LogP) is 2.85. The minimum absolute atomic E-state index is 0.238. The van der Waals surface area contributed by atoms with Crippen molar-refractivity contribution in [2.75, 3.05) is 24.3 Å². The third kappa shape index (κ3) is 2.50. The number of nitrogens with zero attached hydrogens (tertiary/aromatic N) is 3. The molecule has 0 saturated heterocycles. The molecule has 3 rings (SSSR count). The fraction of sp³-hybridized carbons (Fsp3) is 0.188. The van der Waals surface area contributed by atoms with Crippen molar-refractivity contribution in [2.45, 2.75) is 6.92 Å². The van der Waals surface area contributed by atoms with Crippen LogP contribution in [0.5, 0.6) is 0 Å². The van der Waals surface area contributed by atoms with Crippen LogP contribution in [0.3, 0.4) is 0 Å². The summed E-state index contributed by atoms with van der Waals surface area (Å²) in [5.74, 6) is 0.936. The van der Waals surface area contributed by atoms with Crippen LogP contribution in [0, 0.1) is 6.92 Å². The molecule has 2 aromatic heterocycles. The minimum Gasteiger partial charge on any atom is -0.439 e. The average molecular weight is 296 g/mol. The molecule has 0 radical (unpaired) electrons. The van der Waals surface area contributed by atoms with E-state index < -0.39 is 0 Å². The molecule has 0 bridgehead atoms. The van der Waals surface area contributed by atoms with Crippen LogP contribution in [0.4, 0.5) is 11.5 Å². The number of hydrogen-bond acceptors (Lipinski definition) is 5. The van der Waals surface area contributed by atoms with Gasteiger partial charge in [0.05, 0.1) is 11.3 Å². The topological polar surface area (TPSA) is 71.3 Å². The van der Waals surface area contributed by atoms with Gasteiger partial charge < -0.3 is 14.6 Å². The van der Waals surface area contributed by atoms with Crippen LogP contribution in [0.15, 0.2) is 40.9 Å². The first-order chi connectivity index (χ1) is 10.6. The zero-order valence-electron chi connectivity index (χ0n) is 12.6. The summed E-state index contributed by atoms with van der Waals surface area (Å²) < 4.78 is 5.56. The normalized spacial score (nSPS) is 10.7. The van der Waals surface area contributed by atoms with Crippen molar-refractivity contribution >= 4 is 28.5 Å². The van der Waals surface area contributed by atoms with Crippen molar-refractivity contribution in [3.63, 3.8) is 0 Å². The van der Waals surface area contributed by atoms with Crippen molar-refractivity contribution in [2.24, 2.45) is 0 Å². The van der Waals surface area contributed by atoms with Gasteiger partial charge in [0.2, 0.25) is 0 Å². The molecule has 1 amide bonds. The number of anilines is 2. The van der Waals surface area contributed by atoms with Crippen LogP contribution >= 0.6 is 0 Å². The Balaban J connectivity index is 1.97. The highest BCUT2D eigenvalue weighted by Gasteiger charge is 2.16. The van der Waals surface area contributed by atoms with Crippen LogP contribution < -0.4 is 10.2 Å². The SMILES string of the molecule is Cc1nc2cccc(NC(=O)c3cccnc3N(C)C)c2o1. The molecule has 22 heavy (non-hydrogen) atoms. The maximum absolute atomic E-state index is 12.5. The fourth-order valence-corrected chi connectivity index (χ4v) is 2.28. The Kier molecular flexibility index (Phi) is 3.50. The third-order valence-corrected chi connectivity index (χ3v) is 3.23. The summed E-state index contributed by atoms with van der Waals surface area (Å²) in [6.45, 7) is 1.77. The standard InChI is InChI=1S/C16H16N4O2/c1-10-18-12-7-4-8-13(14(12)22-10)19-16(21)11-6-5-9-17-15(11)20(2)3/h4-9H,1-3H3,(H,19,21). The van der Waals surface area contributed by atoms with E-state index in [9.17, 15) is 4.79 Å². The summed E-state index contributed by atoms with van der Waals surface area (Å²) in [6.07, 6.45) is 1.66. The van der Waals surface area contributed by atoms with E-state index in [4.69, 9.17) is 4.42 Å². The third-order valence-electron chi connectivity index (χ3n) is 3.23. The van der Waals surface area contributed by atoms with Gasteiger partial charge in [-0.25, -0.2) is 9.97 Å². The summed E-state index contributed by atoms with van der Waals surface area (Å²) in [6, 6.07) is 8.94. The molecule has 0 aliphatic heterocycles. The lowest BCUT2D eigenvalue weighted by Crippen LogP contribution is -2.19. The molecule has 6 nitrogen and oxygen atoms in total. The van der Waals surface area contributed by atoms with E-state index in [1.54, 1.807) is 36.2 Å². The van der Waals surface area contributed by atoms with Gasteiger partial charge in [0.15, 0.2) is 11.5 Å². The largest absolute Gasteiger partial charge is 0.439 e. The molecule has 0 aliphatic carbocycles. The number of hydrogen-bond donors (Lipinski definition) is 1. The number of aryl methyl sites for hydroxylation is 1. The van der Waals surface area contributed by atoms with Crippen LogP contribution in [0.1, 0.15) is 16.2 Å². The van der Waals surface area contributed by atoms with Gasteiger partial charge in [0.1, 0.15) is 11.3 Å². The second-order valence-corrected chi connectivity index (χ2v) is 5.11. The number of benzene rings is 1. The number of fused-ring (bicyclic) bond motifs is 1. The maximum atomic E-state index is 12.5. The summed E-state index contributed by atoms with van der Waals surface area (Å²) in [5.41, 5.74) is 2.38. The van der Waals surface area contributed by atoms with Crippen molar-refractivity contribution < 1.29 is 9.21 Å².